The number of hydrogen-bond acceptors (Lipinski definition) is 2. The Bertz CT molecular complexity index is 555. The summed E-state index contributed by atoms with van der Waals surface area (Å²) in [7, 11) is 0. The van der Waals surface area contributed by atoms with Gasteiger partial charge in [-0.3, -0.25) is 0 Å². The number of rotatable bonds is 2. The minimum Gasteiger partial charge on any atom is -0.238 e. The lowest BCUT2D eigenvalue weighted by Crippen LogP contribution is -2.06. The maximum Gasteiger partial charge on any atom is 0.134 e. The molecule has 3 heteroatoms. The number of aryl methyl sites for hydroxylation is 1. The second-order valence-electron chi connectivity index (χ2n) is 4.77. The SMILES string of the molecule is CCc1cc(Cl)nc(C2Cc3ccccc3C2)n1. The summed E-state index contributed by atoms with van der Waals surface area (Å²) in [6, 6.07) is 10.4. The van der Waals surface area contributed by atoms with E-state index in [1.165, 1.54) is 11.1 Å². The molecule has 0 saturated heterocycles. The van der Waals surface area contributed by atoms with E-state index in [1.54, 1.807) is 0 Å². The molecule has 3 rings (SSSR count). The number of benzene rings is 1. The fraction of sp³-hybridized carbons (Fsp3) is 0.333. The molecule has 0 radical (unpaired) electrons. The van der Waals surface area contributed by atoms with Crippen molar-refractivity contribution < 1.29 is 0 Å². The van der Waals surface area contributed by atoms with Crippen LogP contribution in [0, 0.1) is 0 Å². The first-order chi connectivity index (χ1) is 8.76. The average molecular weight is 259 g/mol. The minimum absolute atomic E-state index is 0.381. The van der Waals surface area contributed by atoms with E-state index < -0.39 is 0 Å². The van der Waals surface area contributed by atoms with Gasteiger partial charge in [-0.2, -0.15) is 0 Å². The number of nitrogens with zero attached hydrogens (tertiary/aromatic N) is 2. The van der Waals surface area contributed by atoms with Crippen LogP contribution in [0.2, 0.25) is 5.15 Å². The summed E-state index contributed by atoms with van der Waals surface area (Å²) in [6.07, 6.45) is 2.95. The second kappa shape index (κ2) is 4.69. The third-order valence-corrected chi connectivity index (χ3v) is 3.74. The predicted molar refractivity (Wildman–Crippen MR) is 73.0 cm³/mol. The summed E-state index contributed by atoms with van der Waals surface area (Å²) >= 11 is 6.07. The third-order valence-electron chi connectivity index (χ3n) is 3.54. The van der Waals surface area contributed by atoms with Crippen LogP contribution < -0.4 is 0 Å². The molecule has 1 heterocycles. The van der Waals surface area contributed by atoms with E-state index in [1.807, 2.05) is 6.07 Å². The zero-order valence-electron chi connectivity index (χ0n) is 10.4. The fourth-order valence-electron chi connectivity index (χ4n) is 2.59. The van der Waals surface area contributed by atoms with Gasteiger partial charge in [-0.1, -0.05) is 42.8 Å². The van der Waals surface area contributed by atoms with Crippen molar-refractivity contribution in [2.45, 2.75) is 32.1 Å². The van der Waals surface area contributed by atoms with Crippen molar-refractivity contribution in [1.82, 2.24) is 9.97 Å². The summed E-state index contributed by atoms with van der Waals surface area (Å²) in [6.45, 7) is 2.09. The summed E-state index contributed by atoms with van der Waals surface area (Å²) in [5.41, 5.74) is 3.87. The molecular weight excluding hydrogens is 244 g/mol. The lowest BCUT2D eigenvalue weighted by atomic mass is 10.1. The summed E-state index contributed by atoms with van der Waals surface area (Å²) in [5, 5.41) is 0.563. The molecule has 1 aliphatic rings. The normalized spacial score (nSPS) is 14.8. The number of fused-ring (bicyclic) bond motifs is 1. The van der Waals surface area contributed by atoms with Crippen LogP contribution in [-0.2, 0) is 19.3 Å². The Hall–Kier alpha value is -1.41. The largest absolute Gasteiger partial charge is 0.238 e. The molecule has 0 saturated carbocycles. The predicted octanol–water partition coefficient (Wildman–Crippen LogP) is 3.57. The van der Waals surface area contributed by atoms with E-state index in [0.29, 0.717) is 11.1 Å². The van der Waals surface area contributed by atoms with Gasteiger partial charge in [0.1, 0.15) is 11.0 Å². The monoisotopic (exact) mass is 258 g/mol. The first kappa shape index (κ1) is 11.7. The van der Waals surface area contributed by atoms with Crippen molar-refractivity contribution in [3.05, 3.63) is 58.1 Å². The van der Waals surface area contributed by atoms with Crippen molar-refractivity contribution in [3.63, 3.8) is 0 Å². The lowest BCUT2D eigenvalue weighted by molar-refractivity contribution is 0.674. The summed E-state index contributed by atoms with van der Waals surface area (Å²) < 4.78 is 0. The first-order valence-corrected chi connectivity index (χ1v) is 6.74. The molecule has 0 amide bonds. The van der Waals surface area contributed by atoms with Crippen LogP contribution in [-0.4, -0.2) is 9.97 Å². The molecule has 2 aromatic rings. The van der Waals surface area contributed by atoms with E-state index in [0.717, 1.165) is 30.8 Å². The first-order valence-electron chi connectivity index (χ1n) is 6.36. The zero-order valence-corrected chi connectivity index (χ0v) is 11.1. The maximum atomic E-state index is 6.07. The smallest absolute Gasteiger partial charge is 0.134 e. The lowest BCUT2D eigenvalue weighted by Gasteiger charge is -2.09. The van der Waals surface area contributed by atoms with Crippen molar-refractivity contribution >= 4 is 11.6 Å². The molecule has 0 spiro atoms. The van der Waals surface area contributed by atoms with Crippen LogP contribution in [0.3, 0.4) is 0 Å². The van der Waals surface area contributed by atoms with E-state index in [2.05, 4.69) is 41.2 Å². The van der Waals surface area contributed by atoms with E-state index >= 15 is 0 Å². The van der Waals surface area contributed by atoms with Crippen LogP contribution in [0.15, 0.2) is 30.3 Å². The molecule has 1 aliphatic carbocycles. The molecule has 1 aromatic carbocycles. The van der Waals surface area contributed by atoms with Crippen LogP contribution in [0.1, 0.15) is 35.5 Å². The van der Waals surface area contributed by atoms with Gasteiger partial charge < -0.3 is 0 Å². The Balaban J connectivity index is 1.92. The van der Waals surface area contributed by atoms with Crippen LogP contribution in [0.25, 0.3) is 0 Å². The van der Waals surface area contributed by atoms with Gasteiger partial charge in [0, 0.05) is 11.6 Å². The van der Waals surface area contributed by atoms with E-state index in [9.17, 15) is 0 Å². The van der Waals surface area contributed by atoms with Crippen molar-refractivity contribution in [2.24, 2.45) is 0 Å². The Morgan fingerprint density at radius 3 is 2.44 bits per heavy atom. The standard InChI is InChI=1S/C15H15ClN2/c1-2-13-9-14(16)18-15(17-13)12-7-10-5-3-4-6-11(10)8-12/h3-6,9,12H,2,7-8H2,1H3. The topological polar surface area (TPSA) is 25.8 Å². The molecule has 0 aliphatic heterocycles. The third kappa shape index (κ3) is 2.13. The molecule has 92 valence electrons. The van der Waals surface area contributed by atoms with Crippen molar-refractivity contribution in [1.29, 1.82) is 0 Å². The molecule has 0 unspecified atom stereocenters. The molecule has 18 heavy (non-hydrogen) atoms. The van der Waals surface area contributed by atoms with Crippen LogP contribution >= 0.6 is 11.6 Å². The van der Waals surface area contributed by atoms with Crippen LogP contribution in [0.5, 0.6) is 0 Å². The van der Waals surface area contributed by atoms with Gasteiger partial charge in [-0.15, -0.1) is 0 Å². The molecule has 1 aromatic heterocycles. The highest BCUT2D eigenvalue weighted by Crippen LogP contribution is 2.32. The second-order valence-corrected chi connectivity index (χ2v) is 5.15. The highest BCUT2D eigenvalue weighted by molar-refractivity contribution is 6.29. The summed E-state index contributed by atoms with van der Waals surface area (Å²) in [4.78, 5) is 9.02. The van der Waals surface area contributed by atoms with Gasteiger partial charge in [-0.25, -0.2) is 9.97 Å². The van der Waals surface area contributed by atoms with Crippen LogP contribution in [0.4, 0.5) is 0 Å². The number of hydrogen-bond donors (Lipinski definition) is 0. The van der Waals surface area contributed by atoms with E-state index in [-0.39, 0.29) is 0 Å². The van der Waals surface area contributed by atoms with Gasteiger partial charge in [-0.05, 0) is 36.5 Å². The quantitative estimate of drug-likeness (QED) is 0.770. The molecule has 0 N–H and O–H groups in total. The fourth-order valence-corrected chi connectivity index (χ4v) is 2.80. The summed E-state index contributed by atoms with van der Waals surface area (Å²) in [5.74, 6) is 1.28. The Labute approximate surface area is 112 Å². The van der Waals surface area contributed by atoms with Gasteiger partial charge in [0.2, 0.25) is 0 Å². The molecule has 0 bridgehead atoms. The highest BCUT2D eigenvalue weighted by Gasteiger charge is 2.25. The molecular formula is C15H15ClN2. The van der Waals surface area contributed by atoms with Gasteiger partial charge in [0.05, 0.1) is 0 Å². The number of halogens is 1. The zero-order chi connectivity index (χ0) is 12.5. The Kier molecular flexibility index (Phi) is 3.04. The number of aromatic nitrogens is 2. The Morgan fingerprint density at radius 2 is 1.83 bits per heavy atom. The van der Waals surface area contributed by atoms with Gasteiger partial charge in [0.25, 0.3) is 0 Å². The molecule has 0 fully saturated rings. The van der Waals surface area contributed by atoms with Crippen molar-refractivity contribution in [2.75, 3.05) is 0 Å². The van der Waals surface area contributed by atoms with E-state index in [4.69, 9.17) is 11.6 Å². The highest BCUT2D eigenvalue weighted by atomic mass is 35.5. The van der Waals surface area contributed by atoms with Gasteiger partial charge in [0.15, 0.2) is 0 Å². The minimum atomic E-state index is 0.381. The molecule has 0 atom stereocenters. The van der Waals surface area contributed by atoms with Crippen molar-refractivity contribution in [3.8, 4) is 0 Å². The average Bonchev–Trinajstić information content (AvgIpc) is 2.81. The molecule has 2 nitrogen and oxygen atoms in total. The maximum absolute atomic E-state index is 6.07. The Morgan fingerprint density at radius 1 is 1.17 bits per heavy atom. The van der Waals surface area contributed by atoms with Gasteiger partial charge >= 0.3 is 0 Å².